The smallest absolute Gasteiger partial charge is 0.174 e. The van der Waals surface area contributed by atoms with Gasteiger partial charge in [-0.25, -0.2) is 9.37 Å². The van der Waals surface area contributed by atoms with Gasteiger partial charge in [-0.1, -0.05) is 0 Å². The average Bonchev–Trinajstić information content (AvgIpc) is 2.68. The fourth-order valence-corrected chi connectivity index (χ4v) is 1.70. The molecular weight excluding hydrogens is 275 g/mol. The number of nitrogens with one attached hydrogen (secondary N) is 1. The van der Waals surface area contributed by atoms with Crippen LogP contribution in [0.4, 0.5) is 4.39 Å². The number of hydrogen-bond acceptors (Lipinski definition) is 2. The summed E-state index contributed by atoms with van der Waals surface area (Å²) in [6, 6.07) is 4.82. The highest BCUT2D eigenvalue weighted by Gasteiger charge is 2.07. The molecule has 0 aliphatic carbocycles. The van der Waals surface area contributed by atoms with E-state index in [1.807, 2.05) is 6.92 Å². The van der Waals surface area contributed by atoms with Gasteiger partial charge in [0.1, 0.15) is 0 Å². The van der Waals surface area contributed by atoms with E-state index in [4.69, 9.17) is 4.74 Å². The van der Waals surface area contributed by atoms with Crippen molar-refractivity contribution in [3.63, 3.8) is 0 Å². The van der Waals surface area contributed by atoms with Gasteiger partial charge >= 0.3 is 0 Å². The first-order valence-corrected chi connectivity index (χ1v) is 5.63. The van der Waals surface area contributed by atoms with Crippen LogP contribution >= 0.6 is 15.9 Å². The highest BCUT2D eigenvalue weighted by molar-refractivity contribution is 9.10. The molecule has 16 heavy (non-hydrogen) atoms. The fraction of sp³-hybridized carbons (Fsp3) is 0.182. The van der Waals surface area contributed by atoms with Crippen LogP contribution in [0, 0.1) is 5.82 Å². The van der Waals surface area contributed by atoms with E-state index < -0.39 is 0 Å². The minimum Gasteiger partial charge on any atom is -0.491 e. The molecule has 0 amide bonds. The van der Waals surface area contributed by atoms with Crippen molar-refractivity contribution in [1.82, 2.24) is 9.97 Å². The molecule has 1 heterocycles. The summed E-state index contributed by atoms with van der Waals surface area (Å²) >= 11 is 3.20. The molecule has 5 heteroatoms. The lowest BCUT2D eigenvalue weighted by molar-refractivity contribution is 0.321. The van der Waals surface area contributed by atoms with E-state index in [1.54, 1.807) is 18.3 Å². The Balaban J connectivity index is 2.34. The topological polar surface area (TPSA) is 37.9 Å². The highest BCUT2D eigenvalue weighted by Crippen LogP contribution is 2.25. The van der Waals surface area contributed by atoms with Crippen LogP contribution in [0.3, 0.4) is 0 Å². The molecule has 0 aliphatic rings. The van der Waals surface area contributed by atoms with Crippen LogP contribution in [0.15, 0.2) is 29.1 Å². The van der Waals surface area contributed by atoms with Gasteiger partial charge in [-0.05, 0) is 41.1 Å². The maximum Gasteiger partial charge on any atom is 0.174 e. The lowest BCUT2D eigenvalue weighted by Gasteiger charge is -2.05. The predicted molar refractivity (Wildman–Crippen MR) is 62.9 cm³/mol. The molecule has 0 aliphatic heterocycles. The Hall–Kier alpha value is -1.36. The summed E-state index contributed by atoms with van der Waals surface area (Å²) in [6.07, 6.45) is 1.64. The summed E-state index contributed by atoms with van der Waals surface area (Å²) < 4.78 is 19.3. The van der Waals surface area contributed by atoms with Gasteiger partial charge in [0.15, 0.2) is 16.3 Å². The maximum atomic E-state index is 13.6. The molecule has 1 aromatic heterocycles. The van der Waals surface area contributed by atoms with E-state index in [1.165, 1.54) is 6.07 Å². The summed E-state index contributed by atoms with van der Waals surface area (Å²) in [7, 11) is 0. The van der Waals surface area contributed by atoms with Crippen LogP contribution in [0.2, 0.25) is 0 Å². The van der Waals surface area contributed by atoms with E-state index in [-0.39, 0.29) is 11.6 Å². The minimum absolute atomic E-state index is 0.268. The summed E-state index contributed by atoms with van der Waals surface area (Å²) in [5, 5.41) is 0. The zero-order chi connectivity index (χ0) is 11.5. The second-order valence-electron chi connectivity index (χ2n) is 3.17. The van der Waals surface area contributed by atoms with E-state index in [0.29, 0.717) is 11.3 Å². The summed E-state index contributed by atoms with van der Waals surface area (Å²) in [5.41, 5.74) is 1.49. The number of ether oxygens (including phenoxy) is 1. The number of imidazole rings is 1. The Morgan fingerprint density at radius 2 is 2.31 bits per heavy atom. The molecule has 0 unspecified atom stereocenters. The van der Waals surface area contributed by atoms with Gasteiger partial charge in [-0.2, -0.15) is 0 Å². The second kappa shape index (κ2) is 4.65. The zero-order valence-electron chi connectivity index (χ0n) is 8.63. The third-order valence-corrected chi connectivity index (χ3v) is 2.49. The van der Waals surface area contributed by atoms with Crippen molar-refractivity contribution in [2.75, 3.05) is 6.61 Å². The SMILES string of the molecule is CCOc1ccc(-c2cnc(Br)[nH]2)cc1F. The quantitative estimate of drug-likeness (QED) is 0.938. The lowest BCUT2D eigenvalue weighted by atomic mass is 10.1. The van der Waals surface area contributed by atoms with Gasteiger partial charge in [-0.3, -0.25) is 0 Å². The maximum absolute atomic E-state index is 13.6. The van der Waals surface area contributed by atoms with Crippen molar-refractivity contribution in [3.05, 3.63) is 34.9 Å². The van der Waals surface area contributed by atoms with Crippen molar-refractivity contribution >= 4 is 15.9 Å². The van der Waals surface area contributed by atoms with Crippen molar-refractivity contribution in [2.24, 2.45) is 0 Å². The predicted octanol–water partition coefficient (Wildman–Crippen LogP) is 3.38. The van der Waals surface area contributed by atoms with E-state index in [9.17, 15) is 4.39 Å². The third kappa shape index (κ3) is 2.24. The van der Waals surface area contributed by atoms with Crippen LogP contribution in [0.1, 0.15) is 6.92 Å². The summed E-state index contributed by atoms with van der Waals surface area (Å²) in [6.45, 7) is 2.27. The summed E-state index contributed by atoms with van der Waals surface area (Å²) in [5.74, 6) is -0.102. The van der Waals surface area contributed by atoms with E-state index in [2.05, 4.69) is 25.9 Å². The Morgan fingerprint density at radius 3 is 2.88 bits per heavy atom. The molecule has 0 saturated heterocycles. The average molecular weight is 285 g/mol. The lowest BCUT2D eigenvalue weighted by Crippen LogP contribution is -1.94. The van der Waals surface area contributed by atoms with Crippen LogP contribution in [0.5, 0.6) is 5.75 Å². The first-order chi connectivity index (χ1) is 7.70. The number of halogens is 2. The Kier molecular flexibility index (Phi) is 3.24. The van der Waals surface area contributed by atoms with Crippen LogP contribution in [-0.2, 0) is 0 Å². The van der Waals surface area contributed by atoms with Crippen LogP contribution < -0.4 is 4.74 Å². The fourth-order valence-electron chi connectivity index (χ4n) is 1.38. The number of hydrogen-bond donors (Lipinski definition) is 1. The molecule has 0 fully saturated rings. The Morgan fingerprint density at radius 1 is 1.50 bits per heavy atom. The Bertz CT molecular complexity index is 498. The molecule has 0 atom stereocenters. The molecule has 84 valence electrons. The molecule has 1 N–H and O–H groups in total. The highest BCUT2D eigenvalue weighted by atomic mass is 79.9. The molecule has 2 rings (SSSR count). The van der Waals surface area contributed by atoms with Crippen molar-refractivity contribution in [2.45, 2.75) is 6.92 Å². The van der Waals surface area contributed by atoms with Crippen LogP contribution in [-0.4, -0.2) is 16.6 Å². The minimum atomic E-state index is -0.370. The number of aromatic amines is 1. The standard InChI is InChI=1S/C11H10BrFN2O/c1-2-16-10-4-3-7(5-8(10)13)9-6-14-11(12)15-9/h3-6H,2H2,1H3,(H,14,15). The Labute approximate surface area is 101 Å². The molecule has 0 bridgehead atoms. The number of nitrogens with zero attached hydrogens (tertiary/aromatic N) is 1. The molecular formula is C11H10BrFN2O. The third-order valence-electron chi connectivity index (χ3n) is 2.09. The number of rotatable bonds is 3. The van der Waals surface area contributed by atoms with Crippen molar-refractivity contribution in [1.29, 1.82) is 0 Å². The molecule has 1 aromatic carbocycles. The van der Waals surface area contributed by atoms with E-state index >= 15 is 0 Å². The van der Waals surface area contributed by atoms with E-state index in [0.717, 1.165) is 11.3 Å². The second-order valence-corrected chi connectivity index (χ2v) is 3.92. The van der Waals surface area contributed by atoms with Crippen molar-refractivity contribution < 1.29 is 9.13 Å². The zero-order valence-corrected chi connectivity index (χ0v) is 10.2. The monoisotopic (exact) mass is 284 g/mol. The molecule has 3 nitrogen and oxygen atoms in total. The molecule has 0 saturated carbocycles. The number of benzene rings is 1. The van der Waals surface area contributed by atoms with Gasteiger partial charge in [0, 0.05) is 5.56 Å². The number of aromatic nitrogens is 2. The first-order valence-electron chi connectivity index (χ1n) is 4.84. The normalized spacial score (nSPS) is 10.4. The molecule has 0 spiro atoms. The number of H-pyrrole nitrogens is 1. The van der Waals surface area contributed by atoms with Crippen molar-refractivity contribution in [3.8, 4) is 17.0 Å². The first kappa shape index (κ1) is 11.1. The van der Waals surface area contributed by atoms with Gasteiger partial charge < -0.3 is 9.72 Å². The molecule has 2 aromatic rings. The van der Waals surface area contributed by atoms with Crippen LogP contribution in [0.25, 0.3) is 11.3 Å². The van der Waals surface area contributed by atoms with Gasteiger partial charge in [0.25, 0.3) is 0 Å². The summed E-state index contributed by atoms with van der Waals surface area (Å²) in [4.78, 5) is 6.96. The van der Waals surface area contributed by atoms with Gasteiger partial charge in [0.05, 0.1) is 18.5 Å². The van der Waals surface area contributed by atoms with Gasteiger partial charge in [0.2, 0.25) is 0 Å². The largest absolute Gasteiger partial charge is 0.491 e. The van der Waals surface area contributed by atoms with Gasteiger partial charge in [-0.15, -0.1) is 0 Å². The molecule has 0 radical (unpaired) electrons.